The first-order valence-corrected chi connectivity index (χ1v) is 10.5. The van der Waals surface area contributed by atoms with Crippen LogP contribution in [-0.4, -0.2) is 55.7 Å². The van der Waals surface area contributed by atoms with Crippen LogP contribution in [0.4, 0.5) is 9.18 Å². The second-order valence-corrected chi connectivity index (χ2v) is 8.95. The summed E-state index contributed by atoms with van der Waals surface area (Å²) in [5.41, 5.74) is 0.831. The molecular weight excluding hydrogens is 433 g/mol. The lowest BCUT2D eigenvalue weighted by molar-refractivity contribution is 0.134. The molecule has 8 heteroatoms. The quantitative estimate of drug-likeness (QED) is 0.721. The zero-order chi connectivity index (χ0) is 19.2. The summed E-state index contributed by atoms with van der Waals surface area (Å²) in [5.74, 6) is 0.429. The van der Waals surface area contributed by atoms with Gasteiger partial charge in [0.1, 0.15) is 11.6 Å². The molecule has 1 saturated heterocycles. The molecule has 0 aliphatic carbocycles. The van der Waals surface area contributed by atoms with Crippen LogP contribution in [0.2, 0.25) is 0 Å². The highest BCUT2D eigenvalue weighted by molar-refractivity contribution is 9.11. The second-order valence-electron chi connectivity index (χ2n) is 6.41. The number of nitrogens with one attached hydrogen (secondary N) is 1. The summed E-state index contributed by atoms with van der Waals surface area (Å²) >= 11 is 5.14. The van der Waals surface area contributed by atoms with Gasteiger partial charge in [-0.3, -0.25) is 4.90 Å². The van der Waals surface area contributed by atoms with Crippen LogP contribution in [0, 0.1) is 5.82 Å². The van der Waals surface area contributed by atoms with Crippen molar-refractivity contribution in [2.24, 2.45) is 0 Å². The fraction of sp³-hybridized carbons (Fsp3) is 0.421. The number of hydrogen-bond donors (Lipinski definition) is 1. The summed E-state index contributed by atoms with van der Waals surface area (Å²) < 4.78 is 19.9. The standard InChI is InChI=1S/C19H23BrFN3O2S/c1-26-17-4-2-15(21)12-14(17)13-23-8-10-24(11-9-23)19(25)22-7-6-16-3-5-18(20)27-16/h2-5,12H,6-11,13H2,1H3,(H,22,25). The Morgan fingerprint density at radius 1 is 1.26 bits per heavy atom. The molecular formula is C19H23BrFN3O2S. The maximum absolute atomic E-state index is 13.5. The van der Waals surface area contributed by atoms with Crippen LogP contribution in [0.5, 0.6) is 5.75 Å². The molecule has 0 radical (unpaired) electrons. The van der Waals surface area contributed by atoms with Crippen molar-refractivity contribution in [2.75, 3.05) is 39.8 Å². The molecule has 0 atom stereocenters. The summed E-state index contributed by atoms with van der Waals surface area (Å²) in [6, 6.07) is 8.64. The molecule has 2 amide bonds. The molecule has 0 saturated carbocycles. The van der Waals surface area contributed by atoms with Crippen LogP contribution >= 0.6 is 27.3 Å². The van der Waals surface area contributed by atoms with Crippen molar-refractivity contribution in [1.29, 1.82) is 0 Å². The lowest BCUT2D eigenvalue weighted by Gasteiger charge is -2.34. The number of hydrogen-bond acceptors (Lipinski definition) is 4. The number of thiophene rings is 1. The van der Waals surface area contributed by atoms with E-state index in [4.69, 9.17) is 4.74 Å². The Morgan fingerprint density at radius 2 is 2.04 bits per heavy atom. The van der Waals surface area contributed by atoms with Crippen molar-refractivity contribution in [3.8, 4) is 5.75 Å². The van der Waals surface area contributed by atoms with E-state index in [1.807, 2.05) is 11.0 Å². The van der Waals surface area contributed by atoms with Crippen molar-refractivity contribution < 1.29 is 13.9 Å². The highest BCUT2D eigenvalue weighted by Gasteiger charge is 2.21. The van der Waals surface area contributed by atoms with Gasteiger partial charge in [-0.2, -0.15) is 0 Å². The molecule has 1 aliphatic heterocycles. The molecule has 3 rings (SSSR count). The van der Waals surface area contributed by atoms with Gasteiger partial charge in [0.05, 0.1) is 10.9 Å². The summed E-state index contributed by atoms with van der Waals surface area (Å²) in [6.45, 7) is 4.08. The predicted octanol–water partition coefficient (Wildman–Crippen LogP) is 3.73. The molecule has 27 heavy (non-hydrogen) atoms. The van der Waals surface area contributed by atoms with E-state index in [0.29, 0.717) is 31.9 Å². The molecule has 1 aromatic carbocycles. The Kier molecular flexibility index (Phi) is 7.09. The molecule has 146 valence electrons. The number of amides is 2. The van der Waals surface area contributed by atoms with E-state index in [9.17, 15) is 9.18 Å². The number of piperazine rings is 1. The normalized spacial score (nSPS) is 15.0. The fourth-order valence-corrected chi connectivity index (χ4v) is 4.59. The van der Waals surface area contributed by atoms with E-state index in [1.165, 1.54) is 17.0 Å². The third-order valence-electron chi connectivity index (χ3n) is 4.57. The average Bonchev–Trinajstić information content (AvgIpc) is 3.07. The molecule has 2 aromatic rings. The molecule has 1 N–H and O–H groups in total. The van der Waals surface area contributed by atoms with E-state index < -0.39 is 0 Å². The third kappa shape index (κ3) is 5.67. The molecule has 1 aliphatic rings. The first-order chi connectivity index (χ1) is 13.0. The van der Waals surface area contributed by atoms with E-state index >= 15 is 0 Å². The van der Waals surface area contributed by atoms with Crippen LogP contribution in [0.1, 0.15) is 10.4 Å². The van der Waals surface area contributed by atoms with E-state index in [1.54, 1.807) is 24.5 Å². The zero-order valence-corrected chi connectivity index (χ0v) is 17.6. The second kappa shape index (κ2) is 9.52. The van der Waals surface area contributed by atoms with Crippen LogP contribution in [0.25, 0.3) is 0 Å². The number of urea groups is 1. The number of methoxy groups -OCH3 is 1. The molecule has 0 bridgehead atoms. The zero-order valence-electron chi connectivity index (χ0n) is 15.2. The summed E-state index contributed by atoms with van der Waals surface area (Å²) in [6.07, 6.45) is 0.835. The smallest absolute Gasteiger partial charge is 0.317 e. The number of ether oxygens (including phenoxy) is 1. The number of halogens is 2. The predicted molar refractivity (Wildman–Crippen MR) is 109 cm³/mol. The van der Waals surface area contributed by atoms with Gasteiger partial charge in [-0.25, -0.2) is 9.18 Å². The van der Waals surface area contributed by atoms with E-state index in [2.05, 4.69) is 32.2 Å². The molecule has 0 spiro atoms. The van der Waals surface area contributed by atoms with Crippen molar-refractivity contribution >= 4 is 33.3 Å². The van der Waals surface area contributed by atoms with Gasteiger partial charge in [0.15, 0.2) is 0 Å². The number of carbonyl (C=O) groups is 1. The van der Waals surface area contributed by atoms with Gasteiger partial charge < -0.3 is 15.0 Å². The monoisotopic (exact) mass is 455 g/mol. The van der Waals surface area contributed by atoms with Crippen molar-refractivity contribution in [2.45, 2.75) is 13.0 Å². The van der Waals surface area contributed by atoms with Crippen molar-refractivity contribution in [1.82, 2.24) is 15.1 Å². The summed E-state index contributed by atoms with van der Waals surface area (Å²) in [4.78, 5) is 17.6. The minimum absolute atomic E-state index is 0.0198. The average molecular weight is 456 g/mol. The molecule has 0 unspecified atom stereocenters. The lowest BCUT2D eigenvalue weighted by Crippen LogP contribution is -2.51. The van der Waals surface area contributed by atoms with E-state index in [0.717, 1.165) is 28.9 Å². The van der Waals surface area contributed by atoms with Crippen molar-refractivity contribution in [3.63, 3.8) is 0 Å². The maximum Gasteiger partial charge on any atom is 0.317 e. The van der Waals surface area contributed by atoms with Crippen LogP contribution in [0.15, 0.2) is 34.1 Å². The van der Waals surface area contributed by atoms with Gasteiger partial charge in [-0.1, -0.05) is 0 Å². The van der Waals surface area contributed by atoms with Gasteiger partial charge in [-0.05, 0) is 52.7 Å². The number of rotatable bonds is 6. The van der Waals surface area contributed by atoms with Gasteiger partial charge in [0.25, 0.3) is 0 Å². The summed E-state index contributed by atoms with van der Waals surface area (Å²) in [7, 11) is 1.59. The Bertz CT molecular complexity index is 778. The summed E-state index contributed by atoms with van der Waals surface area (Å²) in [5, 5.41) is 2.99. The van der Waals surface area contributed by atoms with Gasteiger partial charge >= 0.3 is 6.03 Å². The largest absolute Gasteiger partial charge is 0.496 e. The lowest BCUT2D eigenvalue weighted by atomic mass is 10.1. The highest BCUT2D eigenvalue weighted by Crippen LogP contribution is 2.23. The molecule has 1 fully saturated rings. The Hall–Kier alpha value is -1.64. The molecule has 1 aromatic heterocycles. The Morgan fingerprint density at radius 3 is 2.70 bits per heavy atom. The Labute approximate surface area is 171 Å². The first kappa shape index (κ1) is 20.1. The SMILES string of the molecule is COc1ccc(F)cc1CN1CCN(C(=O)NCCc2ccc(Br)s2)CC1. The van der Waals surface area contributed by atoms with Gasteiger partial charge in [0, 0.05) is 49.7 Å². The molecule has 5 nitrogen and oxygen atoms in total. The van der Waals surface area contributed by atoms with Gasteiger partial charge in [-0.15, -0.1) is 11.3 Å². The van der Waals surface area contributed by atoms with Crippen LogP contribution in [0.3, 0.4) is 0 Å². The van der Waals surface area contributed by atoms with Crippen molar-refractivity contribution in [3.05, 3.63) is 50.4 Å². The van der Waals surface area contributed by atoms with Crippen LogP contribution < -0.4 is 10.1 Å². The van der Waals surface area contributed by atoms with Gasteiger partial charge in [0.2, 0.25) is 0 Å². The third-order valence-corrected chi connectivity index (χ3v) is 6.26. The minimum atomic E-state index is -0.262. The number of carbonyl (C=O) groups excluding carboxylic acids is 1. The number of nitrogens with zero attached hydrogens (tertiary/aromatic N) is 2. The highest BCUT2D eigenvalue weighted by atomic mass is 79.9. The van der Waals surface area contributed by atoms with Crippen LogP contribution in [-0.2, 0) is 13.0 Å². The Balaban J connectivity index is 1.43. The molecule has 2 heterocycles. The topological polar surface area (TPSA) is 44.8 Å². The van der Waals surface area contributed by atoms with E-state index in [-0.39, 0.29) is 11.8 Å². The first-order valence-electron chi connectivity index (χ1n) is 8.87. The fourth-order valence-electron chi connectivity index (χ4n) is 3.11. The minimum Gasteiger partial charge on any atom is -0.496 e. The number of benzene rings is 1. The maximum atomic E-state index is 13.5.